The molecule has 0 radical (unpaired) electrons. The van der Waals surface area contributed by atoms with Crippen LogP contribution in [0, 0.1) is 12.8 Å². The van der Waals surface area contributed by atoms with Gasteiger partial charge in [0.05, 0.1) is 5.69 Å². The van der Waals surface area contributed by atoms with Crippen molar-refractivity contribution >= 4 is 29.9 Å². The molecular formula is C23H35IN4O2. The zero-order valence-electron chi connectivity index (χ0n) is 18.4. The summed E-state index contributed by atoms with van der Waals surface area (Å²) in [6.45, 7) is 8.55. The van der Waals surface area contributed by atoms with Crippen molar-refractivity contribution < 1.29 is 9.15 Å². The Balaban J connectivity index is 0.00000320. The number of aliphatic imine (C=N–C) groups is 1. The van der Waals surface area contributed by atoms with Gasteiger partial charge < -0.3 is 19.4 Å². The van der Waals surface area contributed by atoms with Gasteiger partial charge in [0.1, 0.15) is 6.26 Å². The van der Waals surface area contributed by atoms with Crippen LogP contribution in [0.15, 0.2) is 39.9 Å². The van der Waals surface area contributed by atoms with Crippen molar-refractivity contribution in [3.63, 3.8) is 0 Å². The second-order valence-corrected chi connectivity index (χ2v) is 7.76. The summed E-state index contributed by atoms with van der Waals surface area (Å²) in [7, 11) is 2.12. The molecule has 0 aliphatic carbocycles. The van der Waals surface area contributed by atoms with Gasteiger partial charge in [-0.1, -0.05) is 17.7 Å². The van der Waals surface area contributed by atoms with E-state index in [2.05, 4.69) is 48.2 Å². The van der Waals surface area contributed by atoms with Gasteiger partial charge in [-0.15, -0.1) is 24.0 Å². The standard InChI is InChI=1S/C23H34N4O2.HI/c1-4-24-23(27(3)14-10-19-11-15-28-16-12-19)25-13-9-21-17-29-22(26-21)20-7-5-18(2)6-8-20;/h5-8,17,19H,4,9-16H2,1-3H3,(H,24,25);1H. The fourth-order valence-electron chi connectivity index (χ4n) is 3.51. The average Bonchev–Trinajstić information content (AvgIpc) is 3.21. The van der Waals surface area contributed by atoms with Crippen molar-refractivity contribution in [3.8, 4) is 11.5 Å². The number of rotatable bonds is 8. The fourth-order valence-corrected chi connectivity index (χ4v) is 3.51. The summed E-state index contributed by atoms with van der Waals surface area (Å²) < 4.78 is 11.1. The lowest BCUT2D eigenvalue weighted by atomic mass is 9.96. The van der Waals surface area contributed by atoms with Gasteiger partial charge in [-0.05, 0) is 51.2 Å². The van der Waals surface area contributed by atoms with Crippen LogP contribution in [-0.4, -0.2) is 55.7 Å². The minimum Gasteiger partial charge on any atom is -0.444 e. The molecule has 0 bridgehead atoms. The molecular weight excluding hydrogens is 491 g/mol. The normalized spacial score (nSPS) is 15.0. The Morgan fingerprint density at radius 3 is 2.67 bits per heavy atom. The number of nitrogens with one attached hydrogen (secondary N) is 1. The summed E-state index contributed by atoms with van der Waals surface area (Å²) in [5, 5.41) is 3.40. The first-order chi connectivity index (χ1) is 14.2. The minimum atomic E-state index is 0. The van der Waals surface area contributed by atoms with Gasteiger partial charge in [0.15, 0.2) is 5.96 Å². The second kappa shape index (κ2) is 12.9. The Hall–Kier alpha value is -1.61. The number of aromatic nitrogens is 1. The summed E-state index contributed by atoms with van der Waals surface area (Å²) in [5.41, 5.74) is 3.17. The Bertz CT molecular complexity index is 770. The van der Waals surface area contributed by atoms with E-state index >= 15 is 0 Å². The van der Waals surface area contributed by atoms with E-state index in [-0.39, 0.29) is 24.0 Å². The third-order valence-corrected chi connectivity index (χ3v) is 5.39. The van der Waals surface area contributed by atoms with Crippen LogP contribution >= 0.6 is 24.0 Å². The first-order valence-corrected chi connectivity index (χ1v) is 10.7. The van der Waals surface area contributed by atoms with Crippen LogP contribution in [0.25, 0.3) is 11.5 Å². The summed E-state index contributed by atoms with van der Waals surface area (Å²) in [4.78, 5) is 11.6. The third kappa shape index (κ3) is 7.58. The van der Waals surface area contributed by atoms with Crippen LogP contribution in [0.2, 0.25) is 0 Å². The van der Waals surface area contributed by atoms with Crippen LogP contribution in [0.4, 0.5) is 0 Å². The lowest BCUT2D eigenvalue weighted by molar-refractivity contribution is 0.0625. The van der Waals surface area contributed by atoms with Crippen LogP contribution in [0.3, 0.4) is 0 Å². The van der Waals surface area contributed by atoms with Crippen LogP contribution in [0.5, 0.6) is 0 Å². The molecule has 1 aromatic heterocycles. The number of halogens is 1. The number of oxazole rings is 1. The molecule has 6 nitrogen and oxygen atoms in total. The molecule has 1 N–H and O–H groups in total. The van der Waals surface area contributed by atoms with E-state index in [4.69, 9.17) is 14.1 Å². The first kappa shape index (κ1) is 24.7. The van der Waals surface area contributed by atoms with Crippen molar-refractivity contribution in [2.24, 2.45) is 10.9 Å². The number of hydrogen-bond donors (Lipinski definition) is 1. The monoisotopic (exact) mass is 526 g/mol. The molecule has 0 spiro atoms. The van der Waals surface area contributed by atoms with Crippen molar-refractivity contribution in [2.75, 3.05) is 39.9 Å². The zero-order valence-corrected chi connectivity index (χ0v) is 20.7. The summed E-state index contributed by atoms with van der Waals surface area (Å²) >= 11 is 0. The van der Waals surface area contributed by atoms with E-state index in [1.54, 1.807) is 6.26 Å². The number of aryl methyl sites for hydroxylation is 1. The largest absolute Gasteiger partial charge is 0.444 e. The molecule has 2 aromatic rings. The molecule has 166 valence electrons. The van der Waals surface area contributed by atoms with Crippen LogP contribution < -0.4 is 5.32 Å². The topological polar surface area (TPSA) is 62.9 Å². The maximum absolute atomic E-state index is 5.65. The van der Waals surface area contributed by atoms with Gasteiger partial charge in [-0.2, -0.15) is 0 Å². The number of guanidine groups is 1. The molecule has 1 aliphatic rings. The minimum absolute atomic E-state index is 0. The molecule has 1 aromatic carbocycles. The van der Waals surface area contributed by atoms with Gasteiger partial charge in [0.2, 0.25) is 5.89 Å². The molecule has 1 aliphatic heterocycles. The second-order valence-electron chi connectivity index (χ2n) is 7.76. The lowest BCUT2D eigenvalue weighted by Gasteiger charge is -2.26. The number of nitrogens with zero attached hydrogens (tertiary/aromatic N) is 3. The van der Waals surface area contributed by atoms with Crippen molar-refractivity contribution in [1.29, 1.82) is 0 Å². The van der Waals surface area contributed by atoms with Gasteiger partial charge in [-0.25, -0.2) is 4.98 Å². The number of benzene rings is 1. The van der Waals surface area contributed by atoms with Crippen molar-refractivity contribution in [2.45, 2.75) is 39.5 Å². The molecule has 3 rings (SSSR count). The average molecular weight is 526 g/mol. The molecule has 0 saturated carbocycles. The van der Waals surface area contributed by atoms with Crippen molar-refractivity contribution in [3.05, 3.63) is 41.8 Å². The Morgan fingerprint density at radius 2 is 1.97 bits per heavy atom. The first-order valence-electron chi connectivity index (χ1n) is 10.7. The van der Waals surface area contributed by atoms with E-state index in [9.17, 15) is 0 Å². The lowest BCUT2D eigenvalue weighted by Crippen LogP contribution is -2.40. The van der Waals surface area contributed by atoms with Crippen LogP contribution in [0.1, 0.15) is 37.4 Å². The van der Waals surface area contributed by atoms with Crippen LogP contribution in [-0.2, 0) is 11.2 Å². The summed E-state index contributed by atoms with van der Waals surface area (Å²) in [6, 6.07) is 8.23. The maximum Gasteiger partial charge on any atom is 0.226 e. The van der Waals surface area contributed by atoms with Gasteiger partial charge in [0.25, 0.3) is 0 Å². The van der Waals surface area contributed by atoms with E-state index in [1.807, 2.05) is 12.1 Å². The highest BCUT2D eigenvalue weighted by atomic mass is 127. The van der Waals surface area contributed by atoms with E-state index in [0.717, 1.165) is 55.9 Å². The highest BCUT2D eigenvalue weighted by molar-refractivity contribution is 14.0. The van der Waals surface area contributed by atoms with Gasteiger partial charge >= 0.3 is 0 Å². The molecule has 0 amide bonds. The van der Waals surface area contributed by atoms with Gasteiger partial charge in [-0.3, -0.25) is 4.99 Å². The predicted octanol–water partition coefficient (Wildman–Crippen LogP) is 4.52. The summed E-state index contributed by atoms with van der Waals surface area (Å²) in [6.07, 6.45) is 6.05. The zero-order chi connectivity index (χ0) is 20.5. The smallest absolute Gasteiger partial charge is 0.226 e. The third-order valence-electron chi connectivity index (χ3n) is 5.39. The molecule has 0 unspecified atom stereocenters. The highest BCUT2D eigenvalue weighted by Gasteiger charge is 2.15. The molecule has 0 atom stereocenters. The molecule has 1 saturated heterocycles. The maximum atomic E-state index is 5.65. The Kier molecular flexibility index (Phi) is 10.6. The van der Waals surface area contributed by atoms with E-state index < -0.39 is 0 Å². The molecule has 30 heavy (non-hydrogen) atoms. The van der Waals surface area contributed by atoms with Crippen molar-refractivity contribution in [1.82, 2.24) is 15.2 Å². The number of hydrogen-bond acceptors (Lipinski definition) is 4. The Labute approximate surface area is 197 Å². The highest BCUT2D eigenvalue weighted by Crippen LogP contribution is 2.20. The van der Waals surface area contributed by atoms with Gasteiger partial charge in [0, 0.05) is 51.9 Å². The quantitative estimate of drug-likeness (QED) is 0.311. The molecule has 7 heteroatoms. The predicted molar refractivity (Wildman–Crippen MR) is 133 cm³/mol. The SMILES string of the molecule is CCNC(=NCCc1coc(-c2ccc(C)cc2)n1)N(C)CCC1CCOCC1.I. The fraction of sp³-hybridized carbons (Fsp3) is 0.565. The van der Waals surface area contributed by atoms with E-state index in [1.165, 1.54) is 24.8 Å². The summed E-state index contributed by atoms with van der Waals surface area (Å²) in [5.74, 6) is 2.40. The molecule has 2 heterocycles. The number of ether oxygens (including phenoxy) is 1. The van der Waals surface area contributed by atoms with E-state index in [0.29, 0.717) is 12.4 Å². The molecule has 1 fully saturated rings. The Morgan fingerprint density at radius 1 is 1.23 bits per heavy atom.